The molecule has 13 heavy (non-hydrogen) atoms. The van der Waals surface area contributed by atoms with Gasteiger partial charge in [-0.2, -0.15) is 10.2 Å². The number of aryl methyl sites for hydroxylation is 2. The summed E-state index contributed by atoms with van der Waals surface area (Å²) in [7, 11) is 0. The number of hydrogen-bond acceptors (Lipinski definition) is 2. The highest BCUT2D eigenvalue weighted by Crippen LogP contribution is 2.29. The van der Waals surface area contributed by atoms with Gasteiger partial charge >= 0.3 is 0 Å². The number of hydrogen-bond donors (Lipinski definition) is 0. The van der Waals surface area contributed by atoms with Gasteiger partial charge in [-0.1, -0.05) is 13.8 Å². The van der Waals surface area contributed by atoms with Crippen LogP contribution in [0.5, 0.6) is 0 Å². The van der Waals surface area contributed by atoms with Crippen LogP contribution in [-0.2, 0) is 12.8 Å². The minimum Gasteiger partial charge on any atom is -0.155 e. The molecule has 1 aliphatic rings. The Bertz CT molecular complexity index is 307. The lowest BCUT2D eigenvalue weighted by Gasteiger charge is -2.20. The first-order chi connectivity index (χ1) is 6.31. The third kappa shape index (κ3) is 1.58. The molecule has 0 saturated carbocycles. The van der Waals surface area contributed by atoms with Crippen molar-refractivity contribution in [1.82, 2.24) is 10.2 Å². The second-order valence-electron chi connectivity index (χ2n) is 3.88. The average molecular weight is 176 g/mol. The van der Waals surface area contributed by atoms with Gasteiger partial charge in [-0.05, 0) is 43.2 Å². The highest BCUT2D eigenvalue weighted by Gasteiger charge is 2.17. The summed E-state index contributed by atoms with van der Waals surface area (Å²) in [5.41, 5.74) is 3.81. The van der Waals surface area contributed by atoms with Crippen molar-refractivity contribution in [3.63, 3.8) is 0 Å². The maximum absolute atomic E-state index is 4.29. The molecular formula is C11H16N2. The molecule has 2 rings (SSSR count). The lowest BCUT2D eigenvalue weighted by Crippen LogP contribution is -2.11. The molecule has 1 aliphatic carbocycles. The van der Waals surface area contributed by atoms with Crippen LogP contribution in [0.25, 0.3) is 0 Å². The van der Waals surface area contributed by atoms with Crippen LogP contribution in [0, 0.1) is 0 Å². The van der Waals surface area contributed by atoms with Gasteiger partial charge in [0.25, 0.3) is 0 Å². The third-order valence-electron chi connectivity index (χ3n) is 2.90. The van der Waals surface area contributed by atoms with Crippen LogP contribution in [0.3, 0.4) is 0 Å². The molecular weight excluding hydrogens is 160 g/mol. The molecule has 1 atom stereocenters. The molecule has 0 saturated heterocycles. The van der Waals surface area contributed by atoms with E-state index >= 15 is 0 Å². The Morgan fingerprint density at radius 3 is 3.08 bits per heavy atom. The van der Waals surface area contributed by atoms with Gasteiger partial charge in [-0.3, -0.25) is 0 Å². The van der Waals surface area contributed by atoms with E-state index in [4.69, 9.17) is 0 Å². The molecule has 1 aromatic rings. The summed E-state index contributed by atoms with van der Waals surface area (Å²) in [6.07, 6.45) is 4.69. The van der Waals surface area contributed by atoms with Crippen LogP contribution in [0.4, 0.5) is 0 Å². The molecule has 0 spiro atoms. The van der Waals surface area contributed by atoms with Crippen molar-refractivity contribution in [1.29, 1.82) is 0 Å². The minimum absolute atomic E-state index is 0.685. The van der Waals surface area contributed by atoms with Gasteiger partial charge in [0.2, 0.25) is 0 Å². The van der Waals surface area contributed by atoms with Crippen LogP contribution in [0.1, 0.15) is 49.6 Å². The molecule has 0 radical (unpaired) electrons. The van der Waals surface area contributed by atoms with Crippen molar-refractivity contribution in [2.75, 3.05) is 0 Å². The van der Waals surface area contributed by atoms with Crippen LogP contribution >= 0.6 is 0 Å². The maximum atomic E-state index is 4.29. The van der Waals surface area contributed by atoms with Gasteiger partial charge in [0, 0.05) is 0 Å². The van der Waals surface area contributed by atoms with Gasteiger partial charge < -0.3 is 0 Å². The summed E-state index contributed by atoms with van der Waals surface area (Å²) in [6, 6.07) is 2.24. The molecule has 0 fully saturated rings. The maximum Gasteiger partial charge on any atom is 0.0665 e. The molecule has 0 amide bonds. The Morgan fingerprint density at radius 2 is 2.31 bits per heavy atom. The Labute approximate surface area is 79.4 Å². The summed E-state index contributed by atoms with van der Waals surface area (Å²) >= 11 is 0. The molecule has 0 N–H and O–H groups in total. The number of fused-ring (bicyclic) bond motifs is 1. The van der Waals surface area contributed by atoms with Crippen molar-refractivity contribution in [2.24, 2.45) is 0 Å². The first-order valence-electron chi connectivity index (χ1n) is 5.16. The molecule has 70 valence electrons. The van der Waals surface area contributed by atoms with Gasteiger partial charge in [0.05, 0.1) is 11.4 Å². The highest BCUT2D eigenvalue weighted by atomic mass is 15.1. The van der Waals surface area contributed by atoms with Gasteiger partial charge in [-0.25, -0.2) is 0 Å². The molecule has 2 heteroatoms. The fraction of sp³-hybridized carbons (Fsp3) is 0.636. The van der Waals surface area contributed by atoms with E-state index in [1.54, 1.807) is 0 Å². The monoisotopic (exact) mass is 176 g/mol. The summed E-state index contributed by atoms with van der Waals surface area (Å²) < 4.78 is 0. The number of aromatic nitrogens is 2. The predicted molar refractivity (Wildman–Crippen MR) is 52.8 cm³/mol. The number of rotatable bonds is 1. The third-order valence-corrected chi connectivity index (χ3v) is 2.90. The lowest BCUT2D eigenvalue weighted by atomic mass is 9.87. The zero-order valence-corrected chi connectivity index (χ0v) is 8.38. The van der Waals surface area contributed by atoms with Crippen LogP contribution in [-0.4, -0.2) is 10.2 Å². The molecule has 0 bridgehead atoms. The van der Waals surface area contributed by atoms with E-state index in [0.29, 0.717) is 5.92 Å². The summed E-state index contributed by atoms with van der Waals surface area (Å²) in [4.78, 5) is 0. The quantitative estimate of drug-likeness (QED) is 0.657. The normalized spacial score (nSPS) is 21.2. The molecule has 1 heterocycles. The summed E-state index contributed by atoms with van der Waals surface area (Å²) in [6.45, 7) is 4.42. The average Bonchev–Trinajstić information content (AvgIpc) is 2.18. The van der Waals surface area contributed by atoms with E-state index < -0.39 is 0 Å². The van der Waals surface area contributed by atoms with Gasteiger partial charge in [-0.15, -0.1) is 0 Å². The van der Waals surface area contributed by atoms with E-state index in [9.17, 15) is 0 Å². The summed E-state index contributed by atoms with van der Waals surface area (Å²) in [5.74, 6) is 0.685. The first-order valence-corrected chi connectivity index (χ1v) is 5.16. The molecule has 1 unspecified atom stereocenters. The van der Waals surface area contributed by atoms with Crippen LogP contribution < -0.4 is 0 Å². The van der Waals surface area contributed by atoms with Crippen molar-refractivity contribution in [2.45, 2.75) is 45.4 Å². The van der Waals surface area contributed by atoms with Crippen molar-refractivity contribution in [3.8, 4) is 0 Å². The Kier molecular flexibility index (Phi) is 2.30. The summed E-state index contributed by atoms with van der Waals surface area (Å²) in [5, 5.41) is 8.49. The topological polar surface area (TPSA) is 25.8 Å². The smallest absolute Gasteiger partial charge is 0.0665 e. The molecule has 2 nitrogen and oxygen atoms in total. The van der Waals surface area contributed by atoms with E-state index in [0.717, 1.165) is 18.5 Å². The van der Waals surface area contributed by atoms with Crippen molar-refractivity contribution >= 4 is 0 Å². The molecule has 0 aromatic carbocycles. The largest absolute Gasteiger partial charge is 0.155 e. The van der Waals surface area contributed by atoms with E-state index in [1.165, 1.54) is 24.1 Å². The molecule has 1 aromatic heterocycles. The standard InChI is InChI=1S/C11H16N2/c1-3-9-7-10-8(2)5-4-6-11(10)13-12-9/h7-8H,3-6H2,1-2H3. The SMILES string of the molecule is CCc1cc2c(nn1)CCCC2C. The zero-order chi connectivity index (χ0) is 9.26. The predicted octanol–water partition coefficient (Wildman–Crippen LogP) is 2.48. The number of nitrogens with zero attached hydrogens (tertiary/aromatic N) is 2. The second-order valence-corrected chi connectivity index (χ2v) is 3.88. The van der Waals surface area contributed by atoms with Gasteiger partial charge in [0.15, 0.2) is 0 Å². The Morgan fingerprint density at radius 1 is 1.46 bits per heavy atom. The molecule has 0 aliphatic heterocycles. The van der Waals surface area contributed by atoms with E-state index in [2.05, 4.69) is 30.1 Å². The minimum atomic E-state index is 0.685. The lowest BCUT2D eigenvalue weighted by molar-refractivity contribution is 0.568. The van der Waals surface area contributed by atoms with Crippen molar-refractivity contribution in [3.05, 3.63) is 23.0 Å². The fourth-order valence-electron chi connectivity index (χ4n) is 2.00. The van der Waals surface area contributed by atoms with Crippen LogP contribution in [0.2, 0.25) is 0 Å². The van der Waals surface area contributed by atoms with E-state index in [-0.39, 0.29) is 0 Å². The highest BCUT2D eigenvalue weighted by molar-refractivity contribution is 5.27. The van der Waals surface area contributed by atoms with E-state index in [1.807, 2.05) is 0 Å². The van der Waals surface area contributed by atoms with Crippen molar-refractivity contribution < 1.29 is 0 Å². The van der Waals surface area contributed by atoms with Crippen LogP contribution in [0.15, 0.2) is 6.07 Å². The van der Waals surface area contributed by atoms with Gasteiger partial charge in [0.1, 0.15) is 0 Å². The first kappa shape index (κ1) is 8.67. The second kappa shape index (κ2) is 3.44. The Balaban J connectivity index is 2.41. The Hall–Kier alpha value is -0.920. The zero-order valence-electron chi connectivity index (χ0n) is 8.38. The fourth-order valence-corrected chi connectivity index (χ4v) is 2.00.